The lowest BCUT2D eigenvalue weighted by molar-refractivity contribution is -0.138. The molecule has 1 aliphatic rings. The maximum atomic E-state index is 13.7. The number of benzene rings is 1. The molecular weight excluding hydrogens is 402 g/mol. The number of para-hydroxylation sites is 1. The van der Waals surface area contributed by atoms with Crippen molar-refractivity contribution in [3.8, 4) is 0 Å². The summed E-state index contributed by atoms with van der Waals surface area (Å²) in [6.07, 6.45) is -2.33. The van der Waals surface area contributed by atoms with E-state index in [4.69, 9.17) is 0 Å². The highest BCUT2D eigenvalue weighted by molar-refractivity contribution is 5.97. The molecule has 0 atom stereocenters. The molecule has 2 heterocycles. The van der Waals surface area contributed by atoms with Gasteiger partial charge in [0.1, 0.15) is 11.3 Å². The van der Waals surface area contributed by atoms with Crippen molar-refractivity contribution in [2.45, 2.75) is 50.7 Å². The van der Waals surface area contributed by atoms with Crippen molar-refractivity contribution in [2.24, 2.45) is 0 Å². The molecule has 0 radical (unpaired) electrons. The number of rotatable bonds is 6. The second kappa shape index (κ2) is 9.40. The van der Waals surface area contributed by atoms with Crippen LogP contribution in [0, 0.1) is 5.82 Å². The second-order valence-electron chi connectivity index (χ2n) is 7.49. The van der Waals surface area contributed by atoms with Gasteiger partial charge in [-0.05, 0) is 37.8 Å². The summed E-state index contributed by atoms with van der Waals surface area (Å²) in [5.41, 5.74) is 0.535. The highest BCUT2D eigenvalue weighted by Crippen LogP contribution is 2.23. The van der Waals surface area contributed by atoms with Crippen LogP contribution in [-0.4, -0.2) is 47.0 Å². The van der Waals surface area contributed by atoms with Crippen LogP contribution in [-0.2, 0) is 4.79 Å². The Labute approximate surface area is 171 Å². The van der Waals surface area contributed by atoms with E-state index in [-0.39, 0.29) is 42.6 Å². The van der Waals surface area contributed by atoms with Gasteiger partial charge in [-0.1, -0.05) is 12.1 Å². The molecule has 1 aliphatic heterocycles. The number of alkyl halides is 3. The lowest BCUT2D eigenvalue weighted by Crippen LogP contribution is -2.46. The van der Waals surface area contributed by atoms with Crippen LogP contribution in [0.3, 0.4) is 0 Å². The first kappa shape index (κ1) is 22.0. The van der Waals surface area contributed by atoms with Crippen LogP contribution >= 0.6 is 0 Å². The van der Waals surface area contributed by atoms with Gasteiger partial charge < -0.3 is 10.2 Å². The molecule has 2 aromatic rings. The highest BCUT2D eigenvalue weighted by atomic mass is 19.4. The van der Waals surface area contributed by atoms with Gasteiger partial charge in [0.15, 0.2) is 0 Å². The average Bonchev–Trinajstić information content (AvgIpc) is 2.71. The number of piperidine rings is 1. The molecule has 30 heavy (non-hydrogen) atoms. The number of amides is 2. The van der Waals surface area contributed by atoms with E-state index in [0.717, 1.165) is 0 Å². The van der Waals surface area contributed by atoms with Crippen LogP contribution in [0.4, 0.5) is 17.6 Å². The van der Waals surface area contributed by atoms with Crippen molar-refractivity contribution in [3.05, 3.63) is 41.8 Å². The lowest BCUT2D eigenvalue weighted by atomic mass is 10.0. The molecule has 162 valence electrons. The molecule has 1 saturated heterocycles. The van der Waals surface area contributed by atoms with E-state index < -0.39 is 18.4 Å². The normalized spacial score (nSPS) is 15.4. The minimum Gasteiger partial charge on any atom is -0.349 e. The number of aromatic nitrogens is 1. The Balaban J connectivity index is 1.45. The number of likely N-dealkylation sites (tertiary alicyclic amines) is 1. The zero-order valence-corrected chi connectivity index (χ0v) is 16.3. The van der Waals surface area contributed by atoms with Crippen molar-refractivity contribution >= 4 is 22.7 Å². The molecule has 3 rings (SSSR count). The van der Waals surface area contributed by atoms with Crippen molar-refractivity contribution in [2.75, 3.05) is 13.1 Å². The van der Waals surface area contributed by atoms with Crippen LogP contribution < -0.4 is 5.32 Å². The Bertz CT molecular complexity index is 909. The van der Waals surface area contributed by atoms with Crippen molar-refractivity contribution in [1.29, 1.82) is 0 Å². The first-order valence-electron chi connectivity index (χ1n) is 9.92. The molecule has 0 spiro atoms. The van der Waals surface area contributed by atoms with E-state index in [2.05, 4.69) is 10.3 Å². The van der Waals surface area contributed by atoms with E-state index in [0.29, 0.717) is 36.9 Å². The Morgan fingerprint density at radius 3 is 2.60 bits per heavy atom. The number of carbonyl (C=O) groups excluding carboxylic acids is 2. The number of carbonyl (C=O) groups is 2. The van der Waals surface area contributed by atoms with Crippen LogP contribution in [0.5, 0.6) is 0 Å². The van der Waals surface area contributed by atoms with Gasteiger partial charge >= 0.3 is 6.18 Å². The standard InChI is InChI=1S/C21H23F4N3O2/c22-17-5-3-4-14-12-15(13-26-19(14)17)20(30)27-16-7-10-28(11-8-16)18(29)6-1-2-9-21(23,24)25/h3-5,12-13,16H,1-2,6-11H2,(H,27,30). The van der Waals surface area contributed by atoms with Crippen molar-refractivity contribution in [1.82, 2.24) is 15.2 Å². The summed E-state index contributed by atoms with van der Waals surface area (Å²) in [4.78, 5) is 30.3. The van der Waals surface area contributed by atoms with Crippen LogP contribution in [0.1, 0.15) is 48.9 Å². The van der Waals surface area contributed by atoms with Crippen molar-refractivity contribution in [3.63, 3.8) is 0 Å². The van der Waals surface area contributed by atoms with Crippen LogP contribution in [0.15, 0.2) is 30.5 Å². The fourth-order valence-electron chi connectivity index (χ4n) is 3.55. The molecule has 0 bridgehead atoms. The minimum atomic E-state index is -4.19. The fourth-order valence-corrected chi connectivity index (χ4v) is 3.55. The molecule has 1 aromatic carbocycles. The van der Waals surface area contributed by atoms with E-state index in [9.17, 15) is 27.2 Å². The predicted octanol–water partition coefficient (Wildman–Crippen LogP) is 4.22. The van der Waals surface area contributed by atoms with Gasteiger partial charge in [0, 0.05) is 43.6 Å². The zero-order valence-electron chi connectivity index (χ0n) is 16.3. The highest BCUT2D eigenvalue weighted by Gasteiger charge is 2.27. The monoisotopic (exact) mass is 425 g/mol. The Morgan fingerprint density at radius 1 is 1.17 bits per heavy atom. The smallest absolute Gasteiger partial charge is 0.349 e. The summed E-state index contributed by atoms with van der Waals surface area (Å²) in [5.74, 6) is -0.914. The minimum absolute atomic E-state index is 0.0501. The summed E-state index contributed by atoms with van der Waals surface area (Å²) in [6.45, 7) is 0.897. The van der Waals surface area contributed by atoms with Gasteiger partial charge in [0.05, 0.1) is 5.56 Å². The first-order chi connectivity index (χ1) is 14.2. The molecule has 5 nitrogen and oxygen atoms in total. The molecule has 2 amide bonds. The number of hydrogen-bond acceptors (Lipinski definition) is 3. The average molecular weight is 425 g/mol. The Kier molecular flexibility index (Phi) is 6.89. The third-order valence-electron chi connectivity index (χ3n) is 5.21. The number of fused-ring (bicyclic) bond motifs is 1. The first-order valence-corrected chi connectivity index (χ1v) is 9.92. The van der Waals surface area contributed by atoms with E-state index in [1.54, 1.807) is 23.1 Å². The fraction of sp³-hybridized carbons (Fsp3) is 0.476. The molecule has 0 unspecified atom stereocenters. The number of nitrogens with zero attached hydrogens (tertiary/aromatic N) is 2. The van der Waals surface area contributed by atoms with Gasteiger partial charge in [0.2, 0.25) is 5.91 Å². The molecule has 9 heteroatoms. The molecule has 0 saturated carbocycles. The second-order valence-corrected chi connectivity index (χ2v) is 7.49. The topological polar surface area (TPSA) is 62.3 Å². The summed E-state index contributed by atoms with van der Waals surface area (Å²) >= 11 is 0. The number of hydrogen-bond donors (Lipinski definition) is 1. The SMILES string of the molecule is O=C(NC1CCN(C(=O)CCCCC(F)(F)F)CC1)c1cnc2c(F)cccc2c1. The lowest BCUT2D eigenvalue weighted by Gasteiger charge is -2.32. The van der Waals surface area contributed by atoms with Gasteiger partial charge in [-0.25, -0.2) is 4.39 Å². The summed E-state index contributed by atoms with van der Waals surface area (Å²) in [7, 11) is 0. The van der Waals surface area contributed by atoms with E-state index >= 15 is 0 Å². The summed E-state index contributed by atoms with van der Waals surface area (Å²) in [6, 6.07) is 6.01. The maximum absolute atomic E-state index is 13.7. The third kappa shape index (κ3) is 5.90. The third-order valence-corrected chi connectivity index (χ3v) is 5.21. The maximum Gasteiger partial charge on any atom is 0.389 e. The molecule has 0 aliphatic carbocycles. The number of pyridine rings is 1. The van der Waals surface area contributed by atoms with Crippen molar-refractivity contribution < 1.29 is 27.2 Å². The zero-order chi connectivity index (χ0) is 21.7. The molecule has 1 fully saturated rings. The van der Waals surface area contributed by atoms with E-state index in [1.165, 1.54) is 12.3 Å². The van der Waals surface area contributed by atoms with Gasteiger partial charge in [0.25, 0.3) is 5.91 Å². The van der Waals surface area contributed by atoms with Gasteiger partial charge in [-0.15, -0.1) is 0 Å². The largest absolute Gasteiger partial charge is 0.389 e. The van der Waals surface area contributed by atoms with Crippen LogP contribution in [0.2, 0.25) is 0 Å². The molecular formula is C21H23F4N3O2. The quantitative estimate of drug-likeness (QED) is 0.557. The predicted molar refractivity (Wildman–Crippen MR) is 103 cm³/mol. The molecule has 1 aromatic heterocycles. The van der Waals surface area contributed by atoms with Gasteiger partial charge in [-0.2, -0.15) is 13.2 Å². The number of unbranched alkanes of at least 4 members (excludes halogenated alkanes) is 1. The molecule has 1 N–H and O–H groups in total. The summed E-state index contributed by atoms with van der Waals surface area (Å²) < 4.78 is 50.1. The van der Waals surface area contributed by atoms with Crippen LogP contribution in [0.25, 0.3) is 10.9 Å². The van der Waals surface area contributed by atoms with E-state index in [1.807, 2.05) is 0 Å². The summed E-state index contributed by atoms with van der Waals surface area (Å²) in [5, 5.41) is 3.44. The number of halogens is 4. The van der Waals surface area contributed by atoms with Gasteiger partial charge in [-0.3, -0.25) is 14.6 Å². The number of nitrogens with one attached hydrogen (secondary N) is 1. The Morgan fingerprint density at radius 2 is 1.90 bits per heavy atom. The Hall–Kier alpha value is -2.71.